The number of nitrogens with one attached hydrogen (secondary N) is 1. The molecule has 4 atom stereocenters. The molecule has 2 bridgehead atoms. The number of amides is 1. The Morgan fingerprint density at radius 1 is 1.41 bits per heavy atom. The molecule has 4 fully saturated rings. The summed E-state index contributed by atoms with van der Waals surface area (Å²) in [5.74, 6) is -0.632. The maximum atomic E-state index is 13.6. The maximum absolute atomic E-state index is 13.6. The average molecular weight is 410 g/mol. The summed E-state index contributed by atoms with van der Waals surface area (Å²) in [6.45, 7) is 2.02. The van der Waals surface area contributed by atoms with E-state index >= 15 is 0 Å². The molecule has 1 amide bonds. The standard InChI is InChI=1S/C21H32FN3O4/c1-2-3-4-19(27)29-20(28)17-10-21(7-5-14(17)6-8-21)24-12-18(26)25-13-15(22)9-16(25)11-23/h14-17,19,24,27H,2-10,12-13H2,1H3/t14?,15-,16-,17?,19?,21?/m0/s1. The van der Waals surface area contributed by atoms with E-state index in [1.54, 1.807) is 0 Å². The van der Waals surface area contributed by atoms with E-state index in [0.29, 0.717) is 12.8 Å². The number of ether oxygens (including phenoxy) is 1. The number of nitriles is 1. The van der Waals surface area contributed by atoms with Gasteiger partial charge in [0.05, 0.1) is 25.1 Å². The molecule has 0 aromatic rings. The number of rotatable bonds is 8. The summed E-state index contributed by atoms with van der Waals surface area (Å²) >= 11 is 0. The summed E-state index contributed by atoms with van der Waals surface area (Å²) < 4.78 is 18.9. The van der Waals surface area contributed by atoms with Gasteiger partial charge in [0, 0.05) is 18.4 Å². The highest BCUT2D eigenvalue weighted by Gasteiger charge is 2.49. The van der Waals surface area contributed by atoms with Gasteiger partial charge in [-0.3, -0.25) is 9.59 Å². The monoisotopic (exact) mass is 409 g/mol. The number of nitrogens with zero attached hydrogens (tertiary/aromatic N) is 2. The van der Waals surface area contributed by atoms with Crippen LogP contribution in [0.2, 0.25) is 0 Å². The Bertz CT molecular complexity index is 644. The van der Waals surface area contributed by atoms with E-state index in [-0.39, 0.29) is 48.8 Å². The predicted molar refractivity (Wildman–Crippen MR) is 103 cm³/mol. The summed E-state index contributed by atoms with van der Waals surface area (Å²) in [5, 5.41) is 22.4. The van der Waals surface area contributed by atoms with Crippen LogP contribution in [0.4, 0.5) is 4.39 Å². The summed E-state index contributed by atoms with van der Waals surface area (Å²) in [7, 11) is 0. The molecule has 4 rings (SSSR count). The SMILES string of the molecule is CCCCC(O)OC(=O)C1CC2(NCC(=O)N3C[C@@H](F)C[C@H]3C#N)CCC1CC2. The van der Waals surface area contributed by atoms with Crippen LogP contribution >= 0.6 is 0 Å². The topological polar surface area (TPSA) is 103 Å². The summed E-state index contributed by atoms with van der Waals surface area (Å²) in [6, 6.07) is 1.30. The van der Waals surface area contributed by atoms with E-state index in [4.69, 9.17) is 10.00 Å². The van der Waals surface area contributed by atoms with Crippen molar-refractivity contribution in [2.45, 2.75) is 88.8 Å². The van der Waals surface area contributed by atoms with Crippen LogP contribution in [-0.2, 0) is 14.3 Å². The second-order valence-electron chi connectivity index (χ2n) is 8.84. The first-order valence-corrected chi connectivity index (χ1v) is 10.8. The number of carbonyl (C=O) groups is 2. The molecular weight excluding hydrogens is 377 g/mol. The molecular formula is C21H32FN3O4. The number of likely N-dealkylation sites (tertiary alicyclic amines) is 1. The minimum Gasteiger partial charge on any atom is -0.436 e. The maximum Gasteiger partial charge on any atom is 0.311 e. The van der Waals surface area contributed by atoms with Crippen LogP contribution in [0.15, 0.2) is 0 Å². The number of fused-ring (bicyclic) bond motifs is 3. The molecule has 2 unspecified atom stereocenters. The molecule has 0 aromatic heterocycles. The van der Waals surface area contributed by atoms with Crippen LogP contribution < -0.4 is 5.32 Å². The zero-order valence-electron chi connectivity index (χ0n) is 17.1. The van der Waals surface area contributed by atoms with E-state index in [1.165, 1.54) is 4.90 Å². The first kappa shape index (κ1) is 22.0. The Labute approximate surface area is 171 Å². The minimum atomic E-state index is -1.15. The molecule has 0 aromatic carbocycles. The van der Waals surface area contributed by atoms with Crippen LogP contribution in [0.1, 0.15) is 64.7 Å². The van der Waals surface area contributed by atoms with Gasteiger partial charge in [-0.25, -0.2) is 4.39 Å². The fraction of sp³-hybridized carbons (Fsp3) is 0.857. The summed E-state index contributed by atoms with van der Waals surface area (Å²) in [5.41, 5.74) is -0.320. The van der Waals surface area contributed by atoms with Gasteiger partial charge < -0.3 is 20.1 Å². The Hall–Kier alpha value is -1.72. The van der Waals surface area contributed by atoms with Gasteiger partial charge in [0.2, 0.25) is 12.2 Å². The molecule has 162 valence electrons. The van der Waals surface area contributed by atoms with E-state index in [0.717, 1.165) is 38.5 Å². The van der Waals surface area contributed by atoms with Gasteiger partial charge in [-0.05, 0) is 44.4 Å². The van der Waals surface area contributed by atoms with Gasteiger partial charge in [0.25, 0.3) is 0 Å². The number of hydrogen-bond acceptors (Lipinski definition) is 6. The van der Waals surface area contributed by atoms with Crippen LogP contribution in [0.5, 0.6) is 0 Å². The number of aliphatic hydroxyl groups is 1. The minimum absolute atomic E-state index is 0.0294. The quantitative estimate of drug-likeness (QED) is 0.470. The zero-order chi connectivity index (χ0) is 21.0. The molecule has 1 saturated heterocycles. The van der Waals surface area contributed by atoms with E-state index in [1.807, 2.05) is 13.0 Å². The number of esters is 1. The fourth-order valence-corrected chi connectivity index (χ4v) is 5.12. The van der Waals surface area contributed by atoms with Gasteiger partial charge in [-0.2, -0.15) is 5.26 Å². The zero-order valence-corrected chi connectivity index (χ0v) is 17.1. The lowest BCUT2D eigenvalue weighted by Gasteiger charge is -2.50. The van der Waals surface area contributed by atoms with Crippen LogP contribution in [0, 0.1) is 23.2 Å². The van der Waals surface area contributed by atoms with Gasteiger partial charge in [0.15, 0.2) is 0 Å². The first-order valence-electron chi connectivity index (χ1n) is 10.8. The van der Waals surface area contributed by atoms with Gasteiger partial charge in [0.1, 0.15) is 12.2 Å². The van der Waals surface area contributed by atoms with Crippen molar-refractivity contribution >= 4 is 11.9 Å². The van der Waals surface area contributed by atoms with Gasteiger partial charge >= 0.3 is 5.97 Å². The second kappa shape index (κ2) is 9.40. The number of carbonyl (C=O) groups excluding carboxylic acids is 2. The van der Waals surface area contributed by atoms with Crippen molar-refractivity contribution in [2.75, 3.05) is 13.1 Å². The predicted octanol–water partition coefficient (Wildman–Crippen LogP) is 2.04. The van der Waals surface area contributed by atoms with Crippen molar-refractivity contribution in [3.8, 4) is 6.07 Å². The Balaban J connectivity index is 1.55. The second-order valence-corrected chi connectivity index (χ2v) is 8.84. The van der Waals surface area contributed by atoms with E-state index < -0.39 is 18.5 Å². The van der Waals surface area contributed by atoms with Crippen molar-refractivity contribution in [2.24, 2.45) is 11.8 Å². The molecule has 1 aliphatic heterocycles. The van der Waals surface area contributed by atoms with Crippen LogP contribution in [-0.4, -0.2) is 59.0 Å². The molecule has 0 radical (unpaired) electrons. The Kier molecular flexibility index (Phi) is 7.12. The lowest BCUT2D eigenvalue weighted by molar-refractivity contribution is -0.180. The third-order valence-electron chi connectivity index (χ3n) is 6.86. The fourth-order valence-electron chi connectivity index (χ4n) is 5.12. The van der Waals surface area contributed by atoms with Crippen molar-refractivity contribution < 1.29 is 23.8 Å². The highest BCUT2D eigenvalue weighted by atomic mass is 19.1. The van der Waals surface area contributed by atoms with Gasteiger partial charge in [-0.15, -0.1) is 0 Å². The number of hydrogen-bond donors (Lipinski definition) is 2. The highest BCUT2D eigenvalue weighted by molar-refractivity contribution is 5.79. The van der Waals surface area contributed by atoms with Crippen LogP contribution in [0.3, 0.4) is 0 Å². The highest BCUT2D eigenvalue weighted by Crippen LogP contribution is 2.48. The normalized spacial score (nSPS) is 34.6. The van der Waals surface area contributed by atoms with E-state index in [2.05, 4.69) is 5.32 Å². The summed E-state index contributed by atoms with van der Waals surface area (Å²) in [6.07, 6.45) is 4.13. The lowest BCUT2D eigenvalue weighted by Crippen LogP contribution is -2.58. The Morgan fingerprint density at radius 2 is 2.14 bits per heavy atom. The average Bonchev–Trinajstić information content (AvgIpc) is 3.12. The largest absolute Gasteiger partial charge is 0.436 e. The number of unbranched alkanes of at least 4 members (excludes halogenated alkanes) is 1. The van der Waals surface area contributed by atoms with Crippen LogP contribution in [0.25, 0.3) is 0 Å². The smallest absolute Gasteiger partial charge is 0.311 e. The molecule has 0 spiro atoms. The van der Waals surface area contributed by atoms with Crippen molar-refractivity contribution in [1.29, 1.82) is 5.26 Å². The van der Waals surface area contributed by atoms with Crippen molar-refractivity contribution in [3.63, 3.8) is 0 Å². The molecule has 3 aliphatic carbocycles. The molecule has 29 heavy (non-hydrogen) atoms. The molecule has 8 heteroatoms. The number of aliphatic hydroxyl groups excluding tert-OH is 1. The molecule has 4 aliphatic rings. The van der Waals surface area contributed by atoms with E-state index in [9.17, 15) is 19.1 Å². The lowest BCUT2D eigenvalue weighted by atomic mass is 9.60. The molecule has 3 saturated carbocycles. The first-order chi connectivity index (χ1) is 13.9. The number of halogens is 1. The Morgan fingerprint density at radius 3 is 2.79 bits per heavy atom. The summed E-state index contributed by atoms with van der Waals surface area (Å²) in [4.78, 5) is 26.5. The van der Waals surface area contributed by atoms with Crippen molar-refractivity contribution in [3.05, 3.63) is 0 Å². The van der Waals surface area contributed by atoms with Crippen molar-refractivity contribution in [1.82, 2.24) is 10.2 Å². The third kappa shape index (κ3) is 5.07. The molecule has 2 N–H and O–H groups in total. The van der Waals surface area contributed by atoms with Gasteiger partial charge in [-0.1, -0.05) is 13.3 Å². The molecule has 1 heterocycles. The molecule has 7 nitrogen and oxygen atoms in total. The third-order valence-corrected chi connectivity index (χ3v) is 6.86. The number of alkyl halides is 1.